The maximum atomic E-state index is 10.5. The lowest BCUT2D eigenvalue weighted by atomic mass is 10.1. The lowest BCUT2D eigenvalue weighted by molar-refractivity contribution is 0.193. The van der Waals surface area contributed by atoms with E-state index in [0.717, 1.165) is 32.1 Å². The maximum absolute atomic E-state index is 10.5. The molecule has 0 fully saturated rings. The SMILES string of the molecule is O=P(O)(O)CCCCCCCCCOP(=O)(O)O. The molecule has 0 aromatic rings. The van der Waals surface area contributed by atoms with Gasteiger partial charge in [-0.3, -0.25) is 9.09 Å². The van der Waals surface area contributed by atoms with Crippen molar-refractivity contribution in [3.05, 3.63) is 0 Å². The minimum Gasteiger partial charge on any atom is -0.324 e. The van der Waals surface area contributed by atoms with E-state index in [1.165, 1.54) is 0 Å². The Bertz CT molecular complexity index is 265. The molecule has 18 heavy (non-hydrogen) atoms. The summed E-state index contributed by atoms with van der Waals surface area (Å²) in [4.78, 5) is 34.0. The van der Waals surface area contributed by atoms with Crippen LogP contribution in [0.3, 0.4) is 0 Å². The summed E-state index contributed by atoms with van der Waals surface area (Å²) in [7, 11) is -8.17. The molecule has 0 aromatic heterocycles. The van der Waals surface area contributed by atoms with Gasteiger partial charge < -0.3 is 19.6 Å². The average molecular weight is 304 g/mol. The fourth-order valence-corrected chi connectivity index (χ4v) is 2.49. The lowest BCUT2D eigenvalue weighted by Crippen LogP contribution is -1.92. The van der Waals surface area contributed by atoms with Crippen molar-refractivity contribution >= 4 is 15.4 Å². The van der Waals surface area contributed by atoms with Gasteiger partial charge in [0.1, 0.15) is 0 Å². The highest BCUT2D eigenvalue weighted by molar-refractivity contribution is 7.51. The van der Waals surface area contributed by atoms with Crippen molar-refractivity contribution in [1.82, 2.24) is 0 Å². The van der Waals surface area contributed by atoms with Gasteiger partial charge in [-0.1, -0.05) is 32.1 Å². The highest BCUT2D eigenvalue weighted by atomic mass is 31.2. The number of hydrogen-bond acceptors (Lipinski definition) is 3. The predicted molar refractivity (Wildman–Crippen MR) is 67.2 cm³/mol. The molecule has 0 rings (SSSR count). The zero-order valence-corrected chi connectivity index (χ0v) is 12.1. The second-order valence-corrected chi connectivity index (χ2v) is 7.20. The Hall–Kier alpha value is 0.260. The molecule has 0 unspecified atom stereocenters. The molecule has 0 atom stereocenters. The van der Waals surface area contributed by atoms with Crippen LogP contribution in [0.4, 0.5) is 0 Å². The van der Waals surface area contributed by atoms with Gasteiger partial charge in [-0.15, -0.1) is 0 Å². The molecule has 0 aliphatic rings. The third-order valence-electron chi connectivity index (χ3n) is 2.35. The van der Waals surface area contributed by atoms with Crippen LogP contribution in [-0.2, 0) is 13.7 Å². The zero-order chi connectivity index (χ0) is 14.1. The Labute approximate surface area is 107 Å². The molecule has 0 amide bonds. The molecule has 0 saturated heterocycles. The first-order valence-electron chi connectivity index (χ1n) is 5.95. The molecule has 0 heterocycles. The quantitative estimate of drug-likeness (QED) is 0.340. The van der Waals surface area contributed by atoms with Gasteiger partial charge in [0.15, 0.2) is 0 Å². The average Bonchev–Trinajstić information content (AvgIpc) is 2.17. The smallest absolute Gasteiger partial charge is 0.324 e. The van der Waals surface area contributed by atoms with E-state index in [2.05, 4.69) is 4.52 Å². The van der Waals surface area contributed by atoms with E-state index < -0.39 is 15.4 Å². The zero-order valence-electron chi connectivity index (χ0n) is 10.3. The Kier molecular flexibility index (Phi) is 9.34. The minimum absolute atomic E-state index is 0.0525. The summed E-state index contributed by atoms with van der Waals surface area (Å²) < 4.78 is 25.2. The normalized spacial score (nSPS) is 12.9. The van der Waals surface area contributed by atoms with Crippen LogP contribution in [0.2, 0.25) is 0 Å². The Morgan fingerprint density at radius 2 is 1.17 bits per heavy atom. The van der Waals surface area contributed by atoms with Crippen LogP contribution >= 0.6 is 15.4 Å². The molecular formula is C9H22O7P2. The molecule has 0 aromatic carbocycles. The van der Waals surface area contributed by atoms with Crippen molar-refractivity contribution in [1.29, 1.82) is 0 Å². The van der Waals surface area contributed by atoms with E-state index >= 15 is 0 Å². The van der Waals surface area contributed by atoms with Crippen molar-refractivity contribution < 1.29 is 33.2 Å². The van der Waals surface area contributed by atoms with Crippen molar-refractivity contribution in [3.8, 4) is 0 Å². The third kappa shape index (κ3) is 16.3. The van der Waals surface area contributed by atoms with Crippen molar-refractivity contribution in [2.45, 2.75) is 44.9 Å². The molecular weight excluding hydrogens is 282 g/mol. The molecule has 0 spiro atoms. The standard InChI is InChI=1S/C9H22O7P2/c10-17(11,12)9-7-5-3-1-2-4-6-8-16-18(13,14)15/h1-9H2,(H2,10,11,12)(H2,13,14,15). The van der Waals surface area contributed by atoms with Crippen LogP contribution < -0.4 is 0 Å². The van der Waals surface area contributed by atoms with Crippen LogP contribution in [0, 0.1) is 0 Å². The molecule has 7 nitrogen and oxygen atoms in total. The Morgan fingerprint density at radius 3 is 1.61 bits per heavy atom. The first-order valence-corrected chi connectivity index (χ1v) is 9.28. The topological polar surface area (TPSA) is 124 Å². The molecule has 9 heteroatoms. The number of phosphoric ester groups is 1. The first kappa shape index (κ1) is 18.3. The van der Waals surface area contributed by atoms with Gasteiger partial charge in [-0.2, -0.15) is 0 Å². The summed E-state index contributed by atoms with van der Waals surface area (Å²) in [6.07, 6.45) is 5.52. The highest BCUT2D eigenvalue weighted by Gasteiger charge is 2.12. The van der Waals surface area contributed by atoms with E-state index in [1.807, 2.05) is 0 Å². The fourth-order valence-electron chi connectivity index (χ4n) is 1.49. The van der Waals surface area contributed by atoms with Crippen LogP contribution in [0.5, 0.6) is 0 Å². The molecule has 0 radical (unpaired) electrons. The summed E-state index contributed by atoms with van der Waals surface area (Å²) >= 11 is 0. The highest BCUT2D eigenvalue weighted by Crippen LogP contribution is 2.36. The van der Waals surface area contributed by atoms with E-state index in [4.69, 9.17) is 19.6 Å². The first-order chi connectivity index (χ1) is 8.21. The van der Waals surface area contributed by atoms with Crippen LogP contribution in [0.25, 0.3) is 0 Å². The molecule has 0 saturated carbocycles. The summed E-state index contributed by atoms with van der Waals surface area (Å²) in [5, 5.41) is 0. The number of phosphoric acid groups is 1. The molecule has 4 N–H and O–H groups in total. The van der Waals surface area contributed by atoms with Crippen LogP contribution in [-0.4, -0.2) is 32.3 Å². The molecule has 0 bridgehead atoms. The number of hydrogen-bond donors (Lipinski definition) is 4. The summed E-state index contributed by atoms with van der Waals surface area (Å²) in [5.41, 5.74) is 0. The van der Waals surface area contributed by atoms with Crippen molar-refractivity contribution in [2.75, 3.05) is 12.8 Å². The maximum Gasteiger partial charge on any atom is 0.469 e. The second-order valence-electron chi connectivity index (χ2n) is 4.19. The lowest BCUT2D eigenvalue weighted by Gasteiger charge is -2.05. The van der Waals surface area contributed by atoms with Gasteiger partial charge >= 0.3 is 15.4 Å². The fraction of sp³-hybridized carbons (Fsp3) is 1.00. The minimum atomic E-state index is -4.33. The molecule has 0 aliphatic heterocycles. The van der Waals surface area contributed by atoms with Gasteiger partial charge in [-0.25, -0.2) is 4.57 Å². The number of rotatable bonds is 11. The van der Waals surface area contributed by atoms with Crippen molar-refractivity contribution in [3.63, 3.8) is 0 Å². The third-order valence-corrected chi connectivity index (χ3v) is 3.77. The summed E-state index contributed by atoms with van der Waals surface area (Å²) in [6.45, 7) is 0.0580. The monoisotopic (exact) mass is 304 g/mol. The molecule has 110 valence electrons. The van der Waals surface area contributed by atoms with Gasteiger partial charge in [0.2, 0.25) is 0 Å². The van der Waals surface area contributed by atoms with Gasteiger partial charge in [0.25, 0.3) is 0 Å². The Balaban J connectivity index is 3.17. The van der Waals surface area contributed by atoms with E-state index in [-0.39, 0.29) is 12.8 Å². The van der Waals surface area contributed by atoms with Gasteiger partial charge in [0, 0.05) is 6.16 Å². The van der Waals surface area contributed by atoms with Crippen LogP contribution in [0.1, 0.15) is 44.9 Å². The van der Waals surface area contributed by atoms with Crippen molar-refractivity contribution in [2.24, 2.45) is 0 Å². The van der Waals surface area contributed by atoms with E-state index in [9.17, 15) is 9.13 Å². The second kappa shape index (κ2) is 9.21. The summed E-state index contributed by atoms with van der Waals surface area (Å²) in [5.74, 6) is 0. The van der Waals surface area contributed by atoms with Gasteiger partial charge in [0.05, 0.1) is 6.61 Å². The predicted octanol–water partition coefficient (Wildman–Crippen LogP) is 2.00. The van der Waals surface area contributed by atoms with E-state index in [1.54, 1.807) is 0 Å². The summed E-state index contributed by atoms with van der Waals surface area (Å²) in [6, 6.07) is 0. The number of unbranched alkanes of at least 4 members (excludes halogenated alkanes) is 6. The van der Waals surface area contributed by atoms with E-state index in [0.29, 0.717) is 12.8 Å². The Morgan fingerprint density at radius 1 is 0.722 bits per heavy atom. The van der Waals surface area contributed by atoms with Crippen LogP contribution in [0.15, 0.2) is 0 Å². The molecule has 0 aliphatic carbocycles. The van der Waals surface area contributed by atoms with Gasteiger partial charge in [-0.05, 0) is 12.8 Å². The largest absolute Gasteiger partial charge is 0.469 e.